The summed E-state index contributed by atoms with van der Waals surface area (Å²) in [6, 6.07) is 18.7. The molecule has 156 valence electrons. The monoisotopic (exact) mass is 395 g/mol. The van der Waals surface area contributed by atoms with Gasteiger partial charge in [-0.1, -0.05) is 51.1 Å². The molecule has 29 heavy (non-hydrogen) atoms. The van der Waals surface area contributed by atoms with E-state index >= 15 is 0 Å². The molecule has 2 aromatic carbocycles. The molecular formula is C24H33N3O2. The minimum Gasteiger partial charge on any atom is -0.494 e. The Kier molecular flexibility index (Phi) is 7.02. The molecule has 1 N–H and O–H groups in total. The lowest BCUT2D eigenvalue weighted by molar-refractivity contribution is 0.193. The number of amides is 2. The number of nitrogens with one attached hydrogen (secondary N) is 1. The molecule has 0 spiro atoms. The highest BCUT2D eigenvalue weighted by atomic mass is 16.5. The Morgan fingerprint density at radius 3 is 2.24 bits per heavy atom. The molecule has 0 aliphatic carbocycles. The van der Waals surface area contributed by atoms with Crippen LogP contribution in [-0.4, -0.2) is 50.3 Å². The summed E-state index contributed by atoms with van der Waals surface area (Å²) in [5, 5.41) is 3.01. The molecule has 1 fully saturated rings. The number of hydrogen-bond acceptors (Lipinski definition) is 3. The standard InChI is InChI=1S/C24H33N3O2/c1-24(2,3)20-10-12-22(13-11-20)29-19-7-14-25-23(28)27-17-15-26(16-18-27)21-8-5-4-6-9-21/h4-6,8-13H,7,14-19H2,1-3H3,(H,25,28). The van der Waals surface area contributed by atoms with Gasteiger partial charge in [0, 0.05) is 38.4 Å². The van der Waals surface area contributed by atoms with Crippen LogP contribution < -0.4 is 15.0 Å². The lowest BCUT2D eigenvalue weighted by Gasteiger charge is -2.36. The van der Waals surface area contributed by atoms with Crippen molar-refractivity contribution in [2.24, 2.45) is 0 Å². The lowest BCUT2D eigenvalue weighted by atomic mass is 9.87. The first-order valence-electron chi connectivity index (χ1n) is 10.5. The van der Waals surface area contributed by atoms with E-state index in [2.05, 4.69) is 67.4 Å². The fourth-order valence-electron chi connectivity index (χ4n) is 3.43. The summed E-state index contributed by atoms with van der Waals surface area (Å²) in [6.07, 6.45) is 0.788. The van der Waals surface area contributed by atoms with Crippen molar-refractivity contribution in [2.75, 3.05) is 44.2 Å². The van der Waals surface area contributed by atoms with Crippen molar-refractivity contribution in [1.82, 2.24) is 10.2 Å². The molecule has 1 saturated heterocycles. The number of benzene rings is 2. The van der Waals surface area contributed by atoms with Crippen LogP contribution in [0.3, 0.4) is 0 Å². The third-order valence-electron chi connectivity index (χ3n) is 5.27. The van der Waals surface area contributed by atoms with Crippen LogP contribution in [0.5, 0.6) is 5.75 Å². The van der Waals surface area contributed by atoms with Crippen molar-refractivity contribution in [1.29, 1.82) is 0 Å². The molecule has 0 unspecified atom stereocenters. The van der Waals surface area contributed by atoms with Crippen molar-refractivity contribution in [3.63, 3.8) is 0 Å². The molecule has 2 amide bonds. The second kappa shape index (κ2) is 9.68. The van der Waals surface area contributed by atoms with Gasteiger partial charge < -0.3 is 19.9 Å². The molecule has 1 aliphatic rings. The summed E-state index contributed by atoms with van der Waals surface area (Å²) < 4.78 is 5.79. The van der Waals surface area contributed by atoms with Gasteiger partial charge in [0.05, 0.1) is 6.61 Å². The summed E-state index contributed by atoms with van der Waals surface area (Å²) in [5.41, 5.74) is 2.67. The van der Waals surface area contributed by atoms with Gasteiger partial charge in [0.15, 0.2) is 0 Å². The maximum atomic E-state index is 12.4. The van der Waals surface area contributed by atoms with Crippen LogP contribution in [0, 0.1) is 0 Å². The zero-order valence-electron chi connectivity index (χ0n) is 17.9. The minimum atomic E-state index is 0.0206. The SMILES string of the molecule is CC(C)(C)c1ccc(OCCCNC(=O)N2CCN(c3ccccc3)CC2)cc1. The van der Waals surface area contributed by atoms with Crippen molar-refractivity contribution in [2.45, 2.75) is 32.6 Å². The van der Waals surface area contributed by atoms with Crippen LogP contribution in [0.2, 0.25) is 0 Å². The Hall–Kier alpha value is -2.69. The van der Waals surface area contributed by atoms with Crippen molar-refractivity contribution < 1.29 is 9.53 Å². The molecule has 0 atom stereocenters. The molecule has 0 bridgehead atoms. The van der Waals surface area contributed by atoms with Crippen LogP contribution in [-0.2, 0) is 5.41 Å². The highest BCUT2D eigenvalue weighted by Gasteiger charge is 2.20. The number of rotatable bonds is 6. The number of piperazine rings is 1. The summed E-state index contributed by atoms with van der Waals surface area (Å²) in [5.74, 6) is 0.876. The largest absolute Gasteiger partial charge is 0.494 e. The molecule has 0 aromatic heterocycles. The van der Waals surface area contributed by atoms with Gasteiger partial charge in [-0.15, -0.1) is 0 Å². The minimum absolute atomic E-state index is 0.0206. The number of nitrogens with zero attached hydrogens (tertiary/aromatic N) is 2. The molecule has 1 heterocycles. The van der Waals surface area contributed by atoms with E-state index in [1.807, 2.05) is 23.1 Å². The van der Waals surface area contributed by atoms with E-state index in [9.17, 15) is 4.79 Å². The van der Waals surface area contributed by atoms with E-state index < -0.39 is 0 Å². The van der Waals surface area contributed by atoms with Crippen molar-refractivity contribution in [3.8, 4) is 5.75 Å². The summed E-state index contributed by atoms with van der Waals surface area (Å²) in [6.45, 7) is 11.0. The Morgan fingerprint density at radius 1 is 0.966 bits per heavy atom. The molecule has 1 aliphatic heterocycles. The quantitative estimate of drug-likeness (QED) is 0.743. The van der Waals surface area contributed by atoms with Gasteiger partial charge in [-0.3, -0.25) is 0 Å². The second-order valence-corrected chi connectivity index (χ2v) is 8.52. The van der Waals surface area contributed by atoms with Gasteiger partial charge in [0.2, 0.25) is 0 Å². The van der Waals surface area contributed by atoms with Gasteiger partial charge >= 0.3 is 6.03 Å². The second-order valence-electron chi connectivity index (χ2n) is 8.52. The molecular weight excluding hydrogens is 362 g/mol. The zero-order chi connectivity index (χ0) is 20.7. The van der Waals surface area contributed by atoms with Crippen LogP contribution in [0.15, 0.2) is 54.6 Å². The lowest BCUT2D eigenvalue weighted by Crippen LogP contribution is -2.52. The first kappa shape index (κ1) is 21.0. The van der Waals surface area contributed by atoms with E-state index in [4.69, 9.17) is 4.74 Å². The summed E-state index contributed by atoms with van der Waals surface area (Å²) >= 11 is 0. The maximum absolute atomic E-state index is 12.4. The Morgan fingerprint density at radius 2 is 1.62 bits per heavy atom. The molecule has 0 saturated carbocycles. The summed E-state index contributed by atoms with van der Waals surface area (Å²) in [4.78, 5) is 16.6. The maximum Gasteiger partial charge on any atom is 0.317 e. The molecule has 5 nitrogen and oxygen atoms in total. The van der Waals surface area contributed by atoms with Crippen LogP contribution in [0.4, 0.5) is 10.5 Å². The Balaban J connectivity index is 1.31. The number of ether oxygens (including phenoxy) is 1. The Labute approximate surface area is 174 Å². The van der Waals surface area contributed by atoms with E-state index in [1.165, 1.54) is 11.3 Å². The predicted octanol–water partition coefficient (Wildman–Crippen LogP) is 4.28. The van der Waals surface area contributed by atoms with Crippen molar-refractivity contribution in [3.05, 3.63) is 60.2 Å². The Bertz CT molecular complexity index is 761. The number of para-hydroxylation sites is 1. The van der Waals surface area contributed by atoms with E-state index in [1.54, 1.807) is 0 Å². The van der Waals surface area contributed by atoms with Gasteiger partial charge in [0.1, 0.15) is 5.75 Å². The van der Waals surface area contributed by atoms with E-state index in [0.29, 0.717) is 13.2 Å². The number of carbonyl (C=O) groups is 1. The van der Waals surface area contributed by atoms with E-state index in [0.717, 1.165) is 38.3 Å². The number of urea groups is 1. The van der Waals surface area contributed by atoms with Crippen LogP contribution >= 0.6 is 0 Å². The third kappa shape index (κ3) is 6.14. The molecule has 0 radical (unpaired) electrons. The normalized spacial score (nSPS) is 14.6. The third-order valence-corrected chi connectivity index (χ3v) is 5.27. The fraction of sp³-hybridized carbons (Fsp3) is 0.458. The van der Waals surface area contributed by atoms with Crippen LogP contribution in [0.25, 0.3) is 0 Å². The first-order chi connectivity index (χ1) is 13.9. The van der Waals surface area contributed by atoms with Crippen LogP contribution in [0.1, 0.15) is 32.8 Å². The highest BCUT2D eigenvalue weighted by molar-refractivity contribution is 5.74. The van der Waals surface area contributed by atoms with Gasteiger partial charge in [0.25, 0.3) is 0 Å². The van der Waals surface area contributed by atoms with Gasteiger partial charge in [-0.25, -0.2) is 4.79 Å². The summed E-state index contributed by atoms with van der Waals surface area (Å²) in [7, 11) is 0. The fourth-order valence-corrected chi connectivity index (χ4v) is 3.43. The van der Waals surface area contributed by atoms with Crippen molar-refractivity contribution >= 4 is 11.7 Å². The average Bonchev–Trinajstić information content (AvgIpc) is 2.74. The zero-order valence-corrected chi connectivity index (χ0v) is 17.9. The average molecular weight is 396 g/mol. The number of hydrogen-bond donors (Lipinski definition) is 1. The van der Waals surface area contributed by atoms with Gasteiger partial charge in [-0.2, -0.15) is 0 Å². The number of carbonyl (C=O) groups excluding carboxylic acids is 1. The number of anilines is 1. The topological polar surface area (TPSA) is 44.8 Å². The molecule has 5 heteroatoms. The van der Waals surface area contributed by atoms with E-state index in [-0.39, 0.29) is 11.4 Å². The van der Waals surface area contributed by atoms with Gasteiger partial charge in [-0.05, 0) is 41.7 Å². The predicted molar refractivity (Wildman–Crippen MR) is 119 cm³/mol. The highest BCUT2D eigenvalue weighted by Crippen LogP contribution is 2.24. The smallest absolute Gasteiger partial charge is 0.317 e. The first-order valence-corrected chi connectivity index (χ1v) is 10.5. The molecule has 3 rings (SSSR count). The molecule has 2 aromatic rings.